The summed E-state index contributed by atoms with van der Waals surface area (Å²) < 4.78 is 15.9. The lowest BCUT2D eigenvalue weighted by molar-refractivity contribution is 0.0943. The van der Waals surface area contributed by atoms with Crippen molar-refractivity contribution in [3.8, 4) is 17.2 Å². The first-order valence-corrected chi connectivity index (χ1v) is 12.4. The van der Waals surface area contributed by atoms with Gasteiger partial charge >= 0.3 is 0 Å². The smallest absolute Gasteiger partial charge is 0.258 e. The molecule has 0 radical (unpaired) electrons. The van der Waals surface area contributed by atoms with Gasteiger partial charge in [0, 0.05) is 37.8 Å². The zero-order valence-corrected chi connectivity index (χ0v) is 21.0. The zero-order valence-electron chi connectivity index (χ0n) is 21.0. The highest BCUT2D eigenvalue weighted by Crippen LogP contribution is 2.28. The number of aliphatic imine (C=N–C) groups is 1. The number of hydrogen-bond acceptors (Lipinski definition) is 6. The van der Waals surface area contributed by atoms with Crippen LogP contribution < -0.4 is 19.5 Å². The highest BCUT2D eigenvalue weighted by atomic mass is 16.5. The van der Waals surface area contributed by atoms with Gasteiger partial charge in [0.1, 0.15) is 5.75 Å². The van der Waals surface area contributed by atoms with Crippen LogP contribution in [0.4, 0.5) is 5.69 Å². The number of rotatable bonds is 6. The quantitative estimate of drug-likeness (QED) is 0.496. The zero-order chi connectivity index (χ0) is 24.6. The number of methoxy groups -OCH3 is 3. The van der Waals surface area contributed by atoms with Crippen LogP contribution in [0.1, 0.15) is 42.5 Å². The molecular weight excluding hydrogens is 444 g/mol. The third-order valence-electron chi connectivity index (χ3n) is 6.88. The highest BCUT2D eigenvalue weighted by molar-refractivity contribution is 6.06. The Hall–Kier alpha value is -3.26. The van der Waals surface area contributed by atoms with Crippen molar-refractivity contribution in [2.75, 3.05) is 47.5 Å². The fourth-order valence-corrected chi connectivity index (χ4v) is 4.85. The van der Waals surface area contributed by atoms with Crippen LogP contribution in [-0.4, -0.2) is 75.2 Å². The molecule has 0 unspecified atom stereocenters. The summed E-state index contributed by atoms with van der Waals surface area (Å²) in [5.41, 5.74) is 1.23. The average molecular weight is 481 g/mol. The van der Waals surface area contributed by atoms with Crippen LogP contribution in [-0.2, 0) is 0 Å². The Labute approximate surface area is 207 Å². The Morgan fingerprint density at radius 3 is 2.17 bits per heavy atom. The molecule has 0 bridgehead atoms. The van der Waals surface area contributed by atoms with Crippen molar-refractivity contribution in [2.24, 2.45) is 4.99 Å². The molecule has 2 fully saturated rings. The summed E-state index contributed by atoms with van der Waals surface area (Å²) in [7, 11) is 4.77. The Balaban J connectivity index is 1.52. The van der Waals surface area contributed by atoms with E-state index >= 15 is 0 Å². The minimum Gasteiger partial charge on any atom is -0.497 e. The molecule has 0 aromatic heterocycles. The number of carbonyl (C=O) groups excluding carboxylic acids is 1. The largest absolute Gasteiger partial charge is 0.497 e. The van der Waals surface area contributed by atoms with Crippen molar-refractivity contribution in [2.45, 2.75) is 38.1 Å². The van der Waals surface area contributed by atoms with E-state index < -0.39 is 0 Å². The van der Waals surface area contributed by atoms with Gasteiger partial charge in [0.2, 0.25) is 5.96 Å². The first-order chi connectivity index (χ1) is 17.1. The first-order valence-electron chi connectivity index (χ1n) is 12.4. The van der Waals surface area contributed by atoms with Crippen molar-refractivity contribution in [3.63, 3.8) is 0 Å². The van der Waals surface area contributed by atoms with Gasteiger partial charge in [-0.15, -0.1) is 0 Å². The summed E-state index contributed by atoms with van der Waals surface area (Å²) in [4.78, 5) is 22.8. The molecule has 35 heavy (non-hydrogen) atoms. The lowest BCUT2D eigenvalue weighted by Gasteiger charge is -2.41. The molecule has 2 aromatic rings. The lowest BCUT2D eigenvalue weighted by Crippen LogP contribution is -2.55. The Kier molecular flexibility index (Phi) is 8.47. The predicted molar refractivity (Wildman–Crippen MR) is 137 cm³/mol. The van der Waals surface area contributed by atoms with Gasteiger partial charge in [-0.3, -0.25) is 15.0 Å². The van der Waals surface area contributed by atoms with Gasteiger partial charge in [-0.1, -0.05) is 19.3 Å². The van der Waals surface area contributed by atoms with E-state index in [0.29, 0.717) is 29.1 Å². The lowest BCUT2D eigenvalue weighted by atomic mass is 9.94. The summed E-state index contributed by atoms with van der Waals surface area (Å²) in [6.07, 6.45) is 6.61. The number of carbonyl (C=O) groups is 1. The maximum absolute atomic E-state index is 13.2. The van der Waals surface area contributed by atoms with E-state index in [1.54, 1.807) is 39.5 Å². The SMILES string of the molecule is COc1ccc(N=C(NC(=O)c2ccc(OC)c(OC)c2)N2CCN(C3CCCCC3)CC2)cc1. The van der Waals surface area contributed by atoms with E-state index in [1.165, 1.54) is 32.1 Å². The first kappa shape index (κ1) is 24.9. The van der Waals surface area contributed by atoms with E-state index in [0.717, 1.165) is 37.6 Å². The Bertz CT molecular complexity index is 1010. The molecule has 1 N–H and O–H groups in total. The molecule has 0 atom stereocenters. The third kappa shape index (κ3) is 6.25. The molecule has 2 aromatic carbocycles. The maximum Gasteiger partial charge on any atom is 0.258 e. The number of nitrogens with zero attached hydrogens (tertiary/aromatic N) is 3. The van der Waals surface area contributed by atoms with Crippen molar-refractivity contribution < 1.29 is 19.0 Å². The molecule has 188 valence electrons. The van der Waals surface area contributed by atoms with Crippen LogP contribution in [0.5, 0.6) is 17.2 Å². The van der Waals surface area contributed by atoms with Crippen molar-refractivity contribution in [1.82, 2.24) is 15.1 Å². The second-order valence-electron chi connectivity index (χ2n) is 8.97. The van der Waals surface area contributed by atoms with Crippen LogP contribution in [0.3, 0.4) is 0 Å². The summed E-state index contributed by atoms with van der Waals surface area (Å²) in [6, 6.07) is 13.3. The van der Waals surface area contributed by atoms with Crippen LogP contribution >= 0.6 is 0 Å². The highest BCUT2D eigenvalue weighted by Gasteiger charge is 2.27. The fraction of sp³-hybridized carbons (Fsp3) is 0.481. The van der Waals surface area contributed by atoms with Crippen LogP contribution in [0.15, 0.2) is 47.5 Å². The van der Waals surface area contributed by atoms with Crippen LogP contribution in [0.25, 0.3) is 0 Å². The van der Waals surface area contributed by atoms with Gasteiger partial charge in [0.05, 0.1) is 27.0 Å². The molecule has 1 saturated heterocycles. The third-order valence-corrected chi connectivity index (χ3v) is 6.88. The monoisotopic (exact) mass is 480 g/mol. The minimum absolute atomic E-state index is 0.243. The topological polar surface area (TPSA) is 75.6 Å². The van der Waals surface area contributed by atoms with Crippen LogP contribution in [0, 0.1) is 0 Å². The molecule has 1 aliphatic carbocycles. The molecule has 0 spiro atoms. The number of guanidine groups is 1. The van der Waals surface area contributed by atoms with Gasteiger partial charge < -0.3 is 19.1 Å². The van der Waals surface area contributed by atoms with Gasteiger partial charge in [0.25, 0.3) is 5.91 Å². The number of benzene rings is 2. The average Bonchev–Trinajstić information content (AvgIpc) is 2.93. The second kappa shape index (κ2) is 11.9. The molecule has 1 heterocycles. The summed E-state index contributed by atoms with van der Waals surface area (Å²) >= 11 is 0. The fourth-order valence-electron chi connectivity index (χ4n) is 4.85. The molecule has 1 amide bonds. The standard InChI is InChI=1S/C27H36N4O4/c1-33-23-12-10-21(11-13-23)28-27(29-26(32)20-9-14-24(34-2)25(19-20)35-3)31-17-15-30(16-18-31)22-7-5-4-6-8-22/h9-14,19,22H,4-8,15-18H2,1-3H3,(H,28,29,32). The Morgan fingerprint density at radius 2 is 1.54 bits per heavy atom. The molecular formula is C27H36N4O4. The second-order valence-corrected chi connectivity index (χ2v) is 8.97. The van der Waals surface area contributed by atoms with E-state index in [-0.39, 0.29) is 5.91 Å². The van der Waals surface area contributed by atoms with Crippen molar-refractivity contribution in [3.05, 3.63) is 48.0 Å². The van der Waals surface area contributed by atoms with Gasteiger partial charge in [0.15, 0.2) is 11.5 Å². The number of piperazine rings is 1. The number of hydrogen-bond donors (Lipinski definition) is 1. The normalized spacial score (nSPS) is 17.7. The number of amides is 1. The summed E-state index contributed by atoms with van der Waals surface area (Å²) in [6.45, 7) is 3.58. The molecule has 8 nitrogen and oxygen atoms in total. The van der Waals surface area contributed by atoms with E-state index in [1.807, 2.05) is 24.3 Å². The van der Waals surface area contributed by atoms with Gasteiger partial charge in [-0.05, 0) is 55.3 Å². The van der Waals surface area contributed by atoms with Gasteiger partial charge in [-0.25, -0.2) is 4.99 Å². The van der Waals surface area contributed by atoms with Crippen LogP contribution in [0.2, 0.25) is 0 Å². The van der Waals surface area contributed by atoms with E-state index in [2.05, 4.69) is 15.1 Å². The molecule has 2 aliphatic rings. The molecule has 4 rings (SSSR count). The Morgan fingerprint density at radius 1 is 0.857 bits per heavy atom. The molecule has 1 saturated carbocycles. The summed E-state index contributed by atoms with van der Waals surface area (Å²) in [5.74, 6) is 2.16. The van der Waals surface area contributed by atoms with E-state index in [4.69, 9.17) is 19.2 Å². The predicted octanol–water partition coefficient (Wildman–Crippen LogP) is 4.08. The molecule has 1 aliphatic heterocycles. The maximum atomic E-state index is 13.2. The van der Waals surface area contributed by atoms with E-state index in [9.17, 15) is 4.79 Å². The minimum atomic E-state index is -0.243. The summed E-state index contributed by atoms with van der Waals surface area (Å²) in [5, 5.41) is 3.05. The number of nitrogens with one attached hydrogen (secondary N) is 1. The molecule has 8 heteroatoms. The van der Waals surface area contributed by atoms with Crippen molar-refractivity contribution in [1.29, 1.82) is 0 Å². The van der Waals surface area contributed by atoms with Crippen molar-refractivity contribution >= 4 is 17.6 Å². The van der Waals surface area contributed by atoms with Gasteiger partial charge in [-0.2, -0.15) is 0 Å². The number of ether oxygens (including phenoxy) is 3.